The average molecular weight is 267 g/mol. The molecule has 0 fully saturated rings. The molecule has 0 aliphatic rings. The Kier molecular flexibility index (Phi) is 4.56. The Hall–Kier alpha value is -2.54. The summed E-state index contributed by atoms with van der Waals surface area (Å²) in [5.74, 6) is 0.708. The SMILES string of the molecule is Cc1cncc(NC(C)c2ccc(OCC#N)cc2)c1. The molecule has 0 amide bonds. The van der Waals surface area contributed by atoms with Crippen molar-refractivity contribution in [1.29, 1.82) is 5.26 Å². The molecule has 1 unspecified atom stereocenters. The molecule has 102 valence electrons. The predicted molar refractivity (Wildman–Crippen MR) is 78.6 cm³/mol. The fraction of sp³-hybridized carbons (Fsp3) is 0.250. The fourth-order valence-corrected chi connectivity index (χ4v) is 1.94. The van der Waals surface area contributed by atoms with Crippen molar-refractivity contribution in [1.82, 2.24) is 4.98 Å². The number of nitrogens with one attached hydrogen (secondary N) is 1. The third-order valence-electron chi connectivity index (χ3n) is 2.94. The minimum atomic E-state index is 0.0715. The van der Waals surface area contributed by atoms with Crippen LogP contribution in [0, 0.1) is 18.3 Å². The third-order valence-corrected chi connectivity index (χ3v) is 2.94. The van der Waals surface area contributed by atoms with Crippen molar-refractivity contribution in [3.05, 3.63) is 53.9 Å². The number of hydrogen-bond donors (Lipinski definition) is 1. The normalized spacial score (nSPS) is 11.4. The number of ether oxygens (including phenoxy) is 1. The van der Waals surface area contributed by atoms with Gasteiger partial charge >= 0.3 is 0 Å². The third kappa shape index (κ3) is 3.72. The molecular weight excluding hydrogens is 250 g/mol. The number of nitriles is 1. The Morgan fingerprint density at radius 2 is 2.05 bits per heavy atom. The van der Waals surface area contributed by atoms with E-state index >= 15 is 0 Å². The minimum absolute atomic E-state index is 0.0715. The molecule has 2 rings (SSSR count). The van der Waals surface area contributed by atoms with Gasteiger partial charge in [-0.05, 0) is 43.2 Å². The van der Waals surface area contributed by atoms with Gasteiger partial charge in [0.2, 0.25) is 0 Å². The second-order valence-corrected chi connectivity index (χ2v) is 4.63. The van der Waals surface area contributed by atoms with E-state index in [2.05, 4.69) is 23.3 Å². The first kappa shape index (κ1) is 13.9. The molecule has 1 N–H and O–H groups in total. The molecule has 1 aromatic carbocycles. The van der Waals surface area contributed by atoms with Gasteiger partial charge in [-0.15, -0.1) is 0 Å². The van der Waals surface area contributed by atoms with E-state index in [0.717, 1.165) is 16.8 Å². The van der Waals surface area contributed by atoms with Crippen molar-refractivity contribution in [2.75, 3.05) is 11.9 Å². The van der Waals surface area contributed by atoms with E-state index in [1.54, 1.807) is 0 Å². The largest absolute Gasteiger partial charge is 0.479 e. The van der Waals surface area contributed by atoms with Crippen LogP contribution in [0.5, 0.6) is 5.75 Å². The molecule has 0 aliphatic carbocycles. The Bertz CT molecular complexity index is 602. The van der Waals surface area contributed by atoms with Crippen LogP contribution in [0.4, 0.5) is 5.69 Å². The van der Waals surface area contributed by atoms with Gasteiger partial charge in [-0.25, -0.2) is 0 Å². The zero-order valence-corrected chi connectivity index (χ0v) is 11.6. The summed E-state index contributed by atoms with van der Waals surface area (Å²) < 4.78 is 5.23. The zero-order valence-electron chi connectivity index (χ0n) is 11.6. The first-order chi connectivity index (χ1) is 9.69. The second-order valence-electron chi connectivity index (χ2n) is 4.63. The van der Waals surface area contributed by atoms with Crippen LogP contribution in [0.25, 0.3) is 0 Å². The van der Waals surface area contributed by atoms with Crippen molar-refractivity contribution < 1.29 is 4.74 Å². The van der Waals surface area contributed by atoms with Gasteiger partial charge in [0.15, 0.2) is 6.61 Å². The van der Waals surface area contributed by atoms with Gasteiger partial charge in [0.1, 0.15) is 11.8 Å². The lowest BCUT2D eigenvalue weighted by molar-refractivity contribution is 0.368. The molecule has 0 aliphatic heterocycles. The van der Waals surface area contributed by atoms with E-state index in [9.17, 15) is 0 Å². The number of aromatic nitrogens is 1. The average Bonchev–Trinajstić information content (AvgIpc) is 2.45. The molecule has 0 bridgehead atoms. The van der Waals surface area contributed by atoms with Crippen molar-refractivity contribution in [2.24, 2.45) is 0 Å². The van der Waals surface area contributed by atoms with E-state index in [-0.39, 0.29) is 12.6 Å². The standard InChI is InChI=1S/C16H17N3O/c1-12-9-15(11-18-10-12)19-13(2)14-3-5-16(6-4-14)20-8-7-17/h3-6,9-11,13,19H,8H2,1-2H3. The summed E-state index contributed by atoms with van der Waals surface area (Å²) in [6.07, 6.45) is 3.64. The van der Waals surface area contributed by atoms with Gasteiger partial charge in [-0.1, -0.05) is 12.1 Å². The summed E-state index contributed by atoms with van der Waals surface area (Å²) in [5.41, 5.74) is 3.28. The molecule has 0 radical (unpaired) electrons. The first-order valence-electron chi connectivity index (χ1n) is 6.47. The lowest BCUT2D eigenvalue weighted by Crippen LogP contribution is -2.07. The number of aryl methyl sites for hydroxylation is 1. The summed E-state index contributed by atoms with van der Waals surface area (Å²) in [6, 6.07) is 11.9. The molecule has 0 spiro atoms. The molecule has 20 heavy (non-hydrogen) atoms. The first-order valence-corrected chi connectivity index (χ1v) is 6.47. The highest BCUT2D eigenvalue weighted by Gasteiger charge is 2.06. The van der Waals surface area contributed by atoms with Gasteiger partial charge in [0, 0.05) is 18.4 Å². The van der Waals surface area contributed by atoms with E-state index in [1.165, 1.54) is 0 Å². The van der Waals surface area contributed by atoms with Gasteiger partial charge in [-0.3, -0.25) is 4.98 Å². The van der Waals surface area contributed by atoms with Crippen LogP contribution < -0.4 is 10.1 Å². The van der Waals surface area contributed by atoms with Gasteiger partial charge in [-0.2, -0.15) is 5.26 Å². The lowest BCUT2D eigenvalue weighted by Gasteiger charge is -2.16. The number of hydrogen-bond acceptors (Lipinski definition) is 4. The molecule has 1 heterocycles. The van der Waals surface area contributed by atoms with Crippen LogP contribution in [-0.4, -0.2) is 11.6 Å². The molecule has 4 heteroatoms. The Balaban J connectivity index is 2.02. The Morgan fingerprint density at radius 3 is 2.70 bits per heavy atom. The highest BCUT2D eigenvalue weighted by Crippen LogP contribution is 2.21. The van der Waals surface area contributed by atoms with Gasteiger partial charge < -0.3 is 10.1 Å². The Labute approximate surface area is 119 Å². The fourth-order valence-electron chi connectivity index (χ4n) is 1.94. The summed E-state index contributed by atoms with van der Waals surface area (Å²) in [6.45, 7) is 4.18. The molecule has 1 aromatic heterocycles. The summed E-state index contributed by atoms with van der Waals surface area (Å²) in [5, 5.41) is 11.9. The number of nitrogens with zero attached hydrogens (tertiary/aromatic N) is 2. The van der Waals surface area contributed by atoms with E-state index in [0.29, 0.717) is 5.75 Å². The van der Waals surface area contributed by atoms with Crippen LogP contribution in [0.15, 0.2) is 42.7 Å². The highest BCUT2D eigenvalue weighted by atomic mass is 16.5. The van der Waals surface area contributed by atoms with Crippen LogP contribution in [0.3, 0.4) is 0 Å². The van der Waals surface area contributed by atoms with Crippen molar-refractivity contribution in [2.45, 2.75) is 19.9 Å². The lowest BCUT2D eigenvalue weighted by atomic mass is 10.1. The monoisotopic (exact) mass is 267 g/mol. The molecule has 4 nitrogen and oxygen atoms in total. The van der Waals surface area contributed by atoms with Crippen LogP contribution >= 0.6 is 0 Å². The number of rotatable bonds is 5. The maximum Gasteiger partial charge on any atom is 0.174 e. The van der Waals surface area contributed by atoms with Crippen LogP contribution in [0.1, 0.15) is 24.1 Å². The van der Waals surface area contributed by atoms with E-state index in [1.807, 2.05) is 49.7 Å². The van der Waals surface area contributed by atoms with Gasteiger partial charge in [0.05, 0.1) is 5.69 Å². The topological polar surface area (TPSA) is 57.9 Å². The second kappa shape index (κ2) is 6.58. The van der Waals surface area contributed by atoms with E-state index < -0.39 is 0 Å². The van der Waals surface area contributed by atoms with E-state index in [4.69, 9.17) is 10.00 Å². The maximum atomic E-state index is 8.47. The molecule has 0 saturated heterocycles. The molecule has 2 aromatic rings. The number of pyridine rings is 1. The summed E-state index contributed by atoms with van der Waals surface area (Å²) in [7, 11) is 0. The predicted octanol–water partition coefficient (Wildman–Crippen LogP) is 3.47. The highest BCUT2D eigenvalue weighted by molar-refractivity contribution is 5.45. The van der Waals surface area contributed by atoms with Crippen molar-refractivity contribution >= 4 is 5.69 Å². The number of anilines is 1. The molecule has 0 saturated carbocycles. The smallest absolute Gasteiger partial charge is 0.174 e. The van der Waals surface area contributed by atoms with Crippen molar-refractivity contribution in [3.63, 3.8) is 0 Å². The quantitative estimate of drug-likeness (QED) is 0.901. The maximum absolute atomic E-state index is 8.47. The summed E-state index contributed by atoms with van der Waals surface area (Å²) in [4.78, 5) is 4.17. The molecular formula is C16H17N3O. The van der Waals surface area contributed by atoms with Crippen molar-refractivity contribution in [3.8, 4) is 11.8 Å². The summed E-state index contributed by atoms with van der Waals surface area (Å²) >= 11 is 0. The Morgan fingerprint density at radius 1 is 1.30 bits per heavy atom. The van der Waals surface area contributed by atoms with Gasteiger partial charge in [0.25, 0.3) is 0 Å². The van der Waals surface area contributed by atoms with Crippen LogP contribution in [0.2, 0.25) is 0 Å². The molecule has 1 atom stereocenters. The minimum Gasteiger partial charge on any atom is -0.479 e. The zero-order chi connectivity index (χ0) is 14.4. The van der Waals surface area contributed by atoms with Crippen LogP contribution in [-0.2, 0) is 0 Å². The number of benzene rings is 1.